The summed E-state index contributed by atoms with van der Waals surface area (Å²) in [7, 11) is -0.802. The molecule has 8 rings (SSSR count). The summed E-state index contributed by atoms with van der Waals surface area (Å²) in [6.45, 7) is 13.6. The van der Waals surface area contributed by atoms with Crippen molar-refractivity contribution in [3.63, 3.8) is 0 Å². The van der Waals surface area contributed by atoms with E-state index in [-0.39, 0.29) is 61.7 Å². The Morgan fingerprint density at radius 3 is 1.41 bits per heavy atom. The van der Waals surface area contributed by atoms with Gasteiger partial charge < -0.3 is 14.9 Å². The van der Waals surface area contributed by atoms with Crippen molar-refractivity contribution >= 4 is 15.8 Å². The molecule has 0 unspecified atom stereocenters. The smallest absolute Gasteiger partial charge is 0.244 e. The molecule has 7 heteroatoms. The minimum Gasteiger partial charge on any atom is -0.358 e. The van der Waals surface area contributed by atoms with E-state index in [1.54, 1.807) is 11.1 Å². The Bertz CT molecular complexity index is 1790. The fraction of sp³-hybridized carbons (Fsp3) is 0.373. The Labute approximate surface area is 369 Å². The molecule has 2 fully saturated rings. The second-order valence-electron chi connectivity index (χ2n) is 17.3. The van der Waals surface area contributed by atoms with Gasteiger partial charge >= 0.3 is 0 Å². The number of benzene rings is 4. The third kappa shape index (κ3) is 12.0. The van der Waals surface area contributed by atoms with Crippen molar-refractivity contribution in [1.82, 2.24) is 13.7 Å². The van der Waals surface area contributed by atoms with Gasteiger partial charge in [-0.25, -0.2) is 13.7 Å². The number of hydrogen-bond donors (Lipinski definition) is 0. The molecule has 2 aromatic heterocycles. The summed E-state index contributed by atoms with van der Waals surface area (Å²) in [6, 6.07) is 44.8. The van der Waals surface area contributed by atoms with E-state index in [1.165, 1.54) is 43.1 Å². The molecule has 0 amide bonds. The molecule has 0 bridgehead atoms. The Hall–Kier alpha value is -3.18. The van der Waals surface area contributed by atoms with Crippen LogP contribution in [0, 0.1) is 14.9 Å². The fourth-order valence-electron chi connectivity index (χ4n) is 8.59. The second-order valence-corrected chi connectivity index (χ2v) is 22.8. The van der Waals surface area contributed by atoms with E-state index in [2.05, 4.69) is 219 Å². The zero-order chi connectivity index (χ0) is 37.7. The van der Waals surface area contributed by atoms with E-state index in [0.29, 0.717) is 11.3 Å². The summed E-state index contributed by atoms with van der Waals surface area (Å²) in [4.78, 5) is 0. The van der Waals surface area contributed by atoms with Gasteiger partial charge in [-0.3, -0.25) is 0 Å². The van der Waals surface area contributed by atoms with Gasteiger partial charge in [0.1, 0.15) is 24.2 Å². The predicted octanol–water partition coefficient (Wildman–Crippen LogP) is 14.6. The van der Waals surface area contributed by atoms with Gasteiger partial charge in [-0.15, -0.1) is 0 Å². The molecule has 4 heterocycles. The van der Waals surface area contributed by atoms with Crippen LogP contribution in [0.1, 0.15) is 120 Å². The Morgan fingerprint density at radius 2 is 1.03 bits per heavy atom. The first kappa shape index (κ1) is 49.2. The summed E-state index contributed by atoms with van der Waals surface area (Å²) >= 11 is 0. The van der Waals surface area contributed by atoms with Gasteiger partial charge in [-0.1, -0.05) is 129 Å². The number of hydrogen-bond acceptors (Lipinski definition) is 0. The average molecular weight is 909 g/mol. The zero-order valence-corrected chi connectivity index (χ0v) is 39.1. The molecule has 4 nitrogen and oxygen atoms in total. The molecule has 2 aliphatic rings. The van der Waals surface area contributed by atoms with Crippen LogP contribution in [-0.4, -0.2) is 13.7 Å². The Balaban J connectivity index is 0.000000290. The molecule has 4 atom stereocenters. The molecular formula is C51H71N4P2Pd+. The first-order valence-electron chi connectivity index (χ1n) is 20.0. The molecule has 0 spiro atoms. The summed E-state index contributed by atoms with van der Waals surface area (Å²) in [5.74, 6) is 0. The number of rotatable bonds is 8. The maximum atomic E-state index is 2.44. The van der Waals surface area contributed by atoms with E-state index in [4.69, 9.17) is 0 Å². The molecule has 0 aliphatic carbocycles. The Kier molecular flexibility index (Phi) is 18.6. The van der Waals surface area contributed by atoms with Gasteiger partial charge in [0.15, 0.2) is 25.0 Å². The van der Waals surface area contributed by atoms with Crippen molar-refractivity contribution < 1.29 is 25.0 Å². The van der Waals surface area contributed by atoms with Gasteiger partial charge in [-0.2, -0.15) is 4.57 Å². The molecule has 6 aromatic rings. The summed E-state index contributed by atoms with van der Waals surface area (Å²) in [5, 5.41) is 0. The van der Waals surface area contributed by atoms with Crippen LogP contribution in [0.15, 0.2) is 159 Å². The van der Waals surface area contributed by atoms with Crippen LogP contribution in [0.4, 0.5) is 0 Å². The van der Waals surface area contributed by atoms with Crippen molar-refractivity contribution in [3.8, 4) is 0 Å². The molecule has 0 radical (unpaired) electrons. The third-order valence-corrected chi connectivity index (χ3v) is 18.7. The molecular weight excluding hydrogens is 837 g/mol. The van der Waals surface area contributed by atoms with Crippen LogP contribution in [0.25, 0.3) is 0 Å². The minimum atomic E-state index is -0.628. The standard InChI is InChI=1S/2C24H30N2P.CH4.2CH3.Pd/c2*1-24(2,3)26-17-16-25(18-26)19-27-22(20-10-6-4-7-11-20)14-15-23(27)21-12-8-5-9-13-21;;;;/h2*4-13,16-18,22-23H,14-15,19H2,1-3H3;1H4;2*1H3;/q2*+1;;2*-1;/p+1/t2*22-,23-;;;;/m00..../s1. The molecule has 0 N–H and O–H groups in total. The SMILES string of the molecule is C.CC(C)(C)n1cc[n+](CP2[C@H](c3ccccc3)CC[C@H]2c2ccccc2)c1.CC(C)(C)n1ccn(C[PH+]2[C@H](c3ccccc3)CC[C@H]2c2ccccc2)[cH+]1.[CH3-].[CH3-].[Pd]. The molecule has 0 saturated carbocycles. The monoisotopic (exact) mass is 907 g/mol. The topological polar surface area (TPSA) is 18.7 Å². The van der Waals surface area contributed by atoms with Crippen LogP contribution in [0.2, 0.25) is 0 Å². The predicted molar refractivity (Wildman–Crippen MR) is 251 cm³/mol. The summed E-state index contributed by atoms with van der Waals surface area (Å²) < 4.78 is 9.53. The van der Waals surface area contributed by atoms with E-state index in [0.717, 1.165) is 17.6 Å². The third-order valence-electron chi connectivity index (χ3n) is 11.5. The maximum Gasteiger partial charge on any atom is 0.244 e. The van der Waals surface area contributed by atoms with E-state index >= 15 is 0 Å². The molecule has 4 aromatic carbocycles. The molecule has 2 aliphatic heterocycles. The van der Waals surface area contributed by atoms with E-state index in [1.807, 2.05) is 0 Å². The number of aromatic nitrogens is 4. The van der Waals surface area contributed by atoms with Crippen LogP contribution >= 0.6 is 15.8 Å². The van der Waals surface area contributed by atoms with E-state index < -0.39 is 7.92 Å². The number of imidazole rings is 2. The van der Waals surface area contributed by atoms with Crippen LogP contribution < -0.4 is 4.57 Å². The van der Waals surface area contributed by atoms with Gasteiger partial charge in [-0.05, 0) is 97.4 Å². The van der Waals surface area contributed by atoms with Crippen molar-refractivity contribution in [3.05, 3.63) is 196 Å². The number of nitrogens with zero attached hydrogens (tertiary/aromatic N) is 4. The fourth-order valence-corrected chi connectivity index (χ4v) is 15.9. The minimum absolute atomic E-state index is 0. The normalized spacial score (nSPS) is 19.4. The zero-order valence-electron chi connectivity index (χ0n) is 35.6. The summed E-state index contributed by atoms with van der Waals surface area (Å²) in [6.07, 6.45) is 21.1. The summed E-state index contributed by atoms with van der Waals surface area (Å²) in [5.41, 5.74) is 9.24. The molecule has 2 saturated heterocycles. The first-order chi connectivity index (χ1) is 26.0. The molecule has 314 valence electrons. The van der Waals surface area contributed by atoms with Gasteiger partial charge in [0, 0.05) is 39.7 Å². The molecule has 58 heavy (non-hydrogen) atoms. The van der Waals surface area contributed by atoms with Crippen molar-refractivity contribution in [2.45, 2.75) is 121 Å². The van der Waals surface area contributed by atoms with Crippen LogP contribution in [-0.2, 0) is 44.1 Å². The van der Waals surface area contributed by atoms with Crippen molar-refractivity contribution in [2.24, 2.45) is 0 Å². The van der Waals surface area contributed by atoms with E-state index in [9.17, 15) is 0 Å². The van der Waals surface area contributed by atoms with Gasteiger partial charge in [0.2, 0.25) is 6.33 Å². The quantitative estimate of drug-likeness (QED) is 0.0627. The maximum absolute atomic E-state index is 2.44. The largest absolute Gasteiger partial charge is 0.358 e. The first-order valence-corrected chi connectivity index (χ1v) is 23.5. The van der Waals surface area contributed by atoms with Gasteiger partial charge in [0.05, 0.1) is 16.9 Å². The Morgan fingerprint density at radius 1 is 0.603 bits per heavy atom. The van der Waals surface area contributed by atoms with Crippen LogP contribution in [0.3, 0.4) is 0 Å². The van der Waals surface area contributed by atoms with Crippen LogP contribution in [0.5, 0.6) is 0 Å². The van der Waals surface area contributed by atoms with Gasteiger partial charge in [0.25, 0.3) is 0 Å². The second kappa shape index (κ2) is 21.9. The average Bonchev–Trinajstić information content (AvgIpc) is 4.01. The van der Waals surface area contributed by atoms with Crippen molar-refractivity contribution in [2.75, 3.05) is 0 Å². The van der Waals surface area contributed by atoms with Crippen molar-refractivity contribution in [1.29, 1.82) is 0 Å².